The zero-order valence-corrected chi connectivity index (χ0v) is 16.3. The van der Waals surface area contributed by atoms with Gasteiger partial charge in [0.25, 0.3) is 11.8 Å². The maximum Gasteiger partial charge on any atom is 0.258 e. The Morgan fingerprint density at radius 1 is 1.11 bits per heavy atom. The zero-order valence-electron chi connectivity index (χ0n) is 15.5. The van der Waals surface area contributed by atoms with E-state index in [1.807, 2.05) is 6.92 Å². The van der Waals surface area contributed by atoms with Crippen molar-refractivity contribution in [2.24, 2.45) is 11.8 Å². The van der Waals surface area contributed by atoms with Crippen molar-refractivity contribution in [3.63, 3.8) is 0 Å². The third-order valence-electron chi connectivity index (χ3n) is 4.98. The molecule has 0 bridgehead atoms. The van der Waals surface area contributed by atoms with E-state index in [1.54, 1.807) is 30.3 Å². The molecule has 0 radical (unpaired) electrons. The van der Waals surface area contributed by atoms with Crippen LogP contribution < -0.4 is 5.32 Å². The molecule has 1 aliphatic carbocycles. The molecule has 0 aliphatic heterocycles. The number of hydrogen-bond acceptors (Lipinski definition) is 2. The normalized spacial score (nSPS) is 15.0. The molecule has 2 amide bonds. The third-order valence-corrected chi connectivity index (χ3v) is 5.23. The van der Waals surface area contributed by atoms with Crippen LogP contribution in [0.1, 0.15) is 30.9 Å². The van der Waals surface area contributed by atoms with E-state index in [-0.39, 0.29) is 11.5 Å². The van der Waals surface area contributed by atoms with Crippen LogP contribution in [0.5, 0.6) is 0 Å². The lowest BCUT2D eigenvalue weighted by molar-refractivity contribution is -0.125. The van der Waals surface area contributed by atoms with E-state index in [2.05, 4.69) is 11.9 Å². The molecule has 0 spiro atoms. The number of amides is 2. The van der Waals surface area contributed by atoms with E-state index in [4.69, 9.17) is 11.6 Å². The van der Waals surface area contributed by atoms with Crippen molar-refractivity contribution in [1.29, 1.82) is 0 Å². The lowest BCUT2D eigenvalue weighted by atomic mass is 9.96. The van der Waals surface area contributed by atoms with E-state index in [0.717, 1.165) is 18.4 Å². The van der Waals surface area contributed by atoms with Crippen LogP contribution in [0.4, 0.5) is 4.39 Å². The van der Waals surface area contributed by atoms with Crippen molar-refractivity contribution < 1.29 is 14.0 Å². The highest BCUT2D eigenvalue weighted by Gasteiger charge is 2.32. The van der Waals surface area contributed by atoms with Crippen LogP contribution in [0.25, 0.3) is 11.6 Å². The van der Waals surface area contributed by atoms with E-state index in [0.29, 0.717) is 22.1 Å². The van der Waals surface area contributed by atoms with Crippen LogP contribution in [0.3, 0.4) is 0 Å². The quantitative estimate of drug-likeness (QED) is 0.533. The largest absolute Gasteiger partial charge is 0.288 e. The summed E-state index contributed by atoms with van der Waals surface area (Å²) in [4.78, 5) is 25.3. The van der Waals surface area contributed by atoms with Crippen LogP contribution in [0, 0.1) is 17.7 Å². The van der Waals surface area contributed by atoms with E-state index in [1.165, 1.54) is 24.3 Å². The maximum absolute atomic E-state index is 13.3. The molecule has 1 fully saturated rings. The molecule has 3 rings (SSSR count). The van der Waals surface area contributed by atoms with Gasteiger partial charge in [0.15, 0.2) is 0 Å². The van der Waals surface area contributed by atoms with Crippen LogP contribution in [-0.4, -0.2) is 11.8 Å². The minimum absolute atomic E-state index is 0.0438. The molecule has 0 heterocycles. The number of hydrogen-bond donors (Lipinski definition) is 1. The van der Waals surface area contributed by atoms with E-state index in [9.17, 15) is 14.0 Å². The molecule has 1 unspecified atom stereocenters. The summed E-state index contributed by atoms with van der Waals surface area (Å²) in [7, 11) is 0. The lowest BCUT2D eigenvalue weighted by Crippen LogP contribution is -2.33. The molecule has 28 heavy (non-hydrogen) atoms. The predicted molar refractivity (Wildman–Crippen MR) is 110 cm³/mol. The van der Waals surface area contributed by atoms with Crippen molar-refractivity contribution in [3.05, 3.63) is 82.6 Å². The van der Waals surface area contributed by atoms with Crippen LogP contribution in [0.15, 0.2) is 60.7 Å². The number of nitrogens with one attached hydrogen (secondary N) is 1. The van der Waals surface area contributed by atoms with Gasteiger partial charge in [0.05, 0.1) is 0 Å². The van der Waals surface area contributed by atoms with E-state index < -0.39 is 17.6 Å². The highest BCUT2D eigenvalue weighted by Crippen LogP contribution is 2.39. The molecule has 2 aromatic carbocycles. The topological polar surface area (TPSA) is 46.2 Å². The second-order valence-corrected chi connectivity index (χ2v) is 7.49. The number of rotatable bonds is 6. The lowest BCUT2D eigenvalue weighted by Gasteiger charge is -2.14. The first-order valence-corrected chi connectivity index (χ1v) is 9.50. The molecule has 5 heteroatoms. The van der Waals surface area contributed by atoms with E-state index >= 15 is 0 Å². The number of carbonyl (C=O) groups excluding carboxylic acids is 2. The summed E-state index contributed by atoms with van der Waals surface area (Å²) in [5.41, 5.74) is 1.89. The number of imide groups is 1. The molecule has 144 valence electrons. The Morgan fingerprint density at radius 3 is 2.29 bits per heavy atom. The molecule has 1 N–H and O–H groups in total. The number of benzene rings is 2. The van der Waals surface area contributed by atoms with Crippen LogP contribution >= 0.6 is 11.6 Å². The van der Waals surface area contributed by atoms with Gasteiger partial charge in [-0.3, -0.25) is 14.9 Å². The third kappa shape index (κ3) is 4.96. The van der Waals surface area contributed by atoms with Crippen molar-refractivity contribution in [2.75, 3.05) is 0 Å². The van der Waals surface area contributed by atoms with Crippen molar-refractivity contribution in [2.45, 2.75) is 19.8 Å². The fourth-order valence-corrected chi connectivity index (χ4v) is 3.10. The summed E-state index contributed by atoms with van der Waals surface area (Å²) in [5.74, 6) is -0.932. The van der Waals surface area contributed by atoms with Gasteiger partial charge in [0.1, 0.15) is 5.82 Å². The molecule has 0 saturated heterocycles. The monoisotopic (exact) mass is 397 g/mol. The van der Waals surface area contributed by atoms with Gasteiger partial charge in [-0.15, -0.1) is 0 Å². The van der Waals surface area contributed by atoms with Gasteiger partial charge >= 0.3 is 0 Å². The SMILES string of the molecule is C=C(C(=O)NC(=O)/C(=C/c1ccc(Cl)cc1)c1ccc(F)cc1)C(C)C1CC1. The molecule has 3 nitrogen and oxygen atoms in total. The number of halogens is 2. The van der Waals surface area contributed by atoms with Crippen molar-refractivity contribution in [1.82, 2.24) is 5.32 Å². The zero-order chi connectivity index (χ0) is 20.3. The first-order valence-electron chi connectivity index (χ1n) is 9.13. The summed E-state index contributed by atoms with van der Waals surface area (Å²) >= 11 is 5.91. The van der Waals surface area contributed by atoms with Gasteiger partial charge in [0.2, 0.25) is 0 Å². The van der Waals surface area contributed by atoms with Crippen molar-refractivity contribution in [3.8, 4) is 0 Å². The summed E-state index contributed by atoms with van der Waals surface area (Å²) in [5, 5.41) is 3.00. The Bertz CT molecular complexity index is 928. The smallest absolute Gasteiger partial charge is 0.258 e. The molecule has 1 saturated carbocycles. The summed E-state index contributed by atoms with van der Waals surface area (Å²) < 4.78 is 13.3. The molecule has 0 aromatic heterocycles. The Hall–Kier alpha value is -2.72. The summed E-state index contributed by atoms with van der Waals surface area (Å²) in [6.07, 6.45) is 3.80. The second-order valence-electron chi connectivity index (χ2n) is 7.05. The molecule has 1 atom stereocenters. The Morgan fingerprint density at radius 2 is 1.71 bits per heavy atom. The highest BCUT2D eigenvalue weighted by atomic mass is 35.5. The Kier molecular flexibility index (Phi) is 6.10. The summed E-state index contributed by atoms with van der Waals surface area (Å²) in [6.45, 7) is 5.81. The molecule has 2 aromatic rings. The molecular weight excluding hydrogens is 377 g/mol. The number of carbonyl (C=O) groups is 2. The minimum atomic E-state index is -0.560. The van der Waals surface area contributed by atoms with Gasteiger partial charge in [0, 0.05) is 16.2 Å². The fourth-order valence-electron chi connectivity index (χ4n) is 2.97. The Labute approximate surface area is 168 Å². The summed E-state index contributed by atoms with van der Waals surface area (Å²) in [6, 6.07) is 12.5. The fraction of sp³-hybridized carbons (Fsp3) is 0.217. The van der Waals surface area contributed by atoms with Gasteiger partial charge in [-0.2, -0.15) is 0 Å². The van der Waals surface area contributed by atoms with Crippen LogP contribution in [-0.2, 0) is 9.59 Å². The standard InChI is InChI=1S/C23H21ClFNO2/c1-14(17-5-6-17)15(2)22(27)26-23(28)21(18-7-11-20(25)12-8-18)13-16-3-9-19(24)10-4-16/h3-4,7-14,17H,2,5-6H2,1H3,(H,26,27,28)/b21-13+. The van der Waals surface area contributed by atoms with Gasteiger partial charge in [-0.25, -0.2) is 4.39 Å². The first kappa shape index (κ1) is 20.0. The van der Waals surface area contributed by atoms with Crippen LogP contribution in [0.2, 0.25) is 5.02 Å². The second kappa shape index (κ2) is 8.53. The average Bonchev–Trinajstić information content (AvgIpc) is 3.52. The minimum Gasteiger partial charge on any atom is -0.288 e. The van der Waals surface area contributed by atoms with Gasteiger partial charge < -0.3 is 0 Å². The highest BCUT2D eigenvalue weighted by molar-refractivity contribution is 6.31. The average molecular weight is 398 g/mol. The molecule has 1 aliphatic rings. The van der Waals surface area contributed by atoms with Crippen molar-refractivity contribution >= 4 is 35.1 Å². The predicted octanol–water partition coefficient (Wildman–Crippen LogP) is 5.26. The van der Waals surface area contributed by atoms with Gasteiger partial charge in [-0.1, -0.05) is 49.4 Å². The van der Waals surface area contributed by atoms with Gasteiger partial charge in [-0.05, 0) is 66.1 Å². The Balaban J connectivity index is 1.86. The first-order chi connectivity index (χ1) is 13.3. The maximum atomic E-state index is 13.3. The molecular formula is C23H21ClFNO2.